The Balaban J connectivity index is 1.73. The van der Waals surface area contributed by atoms with Crippen LogP contribution in [0.1, 0.15) is 24.1 Å². The highest BCUT2D eigenvalue weighted by Crippen LogP contribution is 2.28. The summed E-state index contributed by atoms with van der Waals surface area (Å²) in [5.41, 5.74) is 3.80. The molecule has 0 saturated carbocycles. The number of fused-ring (bicyclic) bond motifs is 2. The van der Waals surface area contributed by atoms with Crippen LogP contribution in [-0.4, -0.2) is 31.5 Å². The minimum Gasteiger partial charge on any atom is -0.351 e. The molecule has 6 nitrogen and oxygen atoms in total. The molecule has 1 aliphatic rings. The highest BCUT2D eigenvalue weighted by Gasteiger charge is 2.24. The van der Waals surface area contributed by atoms with Crippen LogP contribution in [0.5, 0.6) is 0 Å². The maximum atomic E-state index is 4.62. The highest BCUT2D eigenvalue weighted by molar-refractivity contribution is 5.71. The molecule has 0 fully saturated rings. The standard InChI is InChI=1S/C15H14N6/c1-10-7-21(8-11-6-16-9-19-14(10)11)13-3-2-12-15(20-13)18-5-4-17-12/h2-6,9-10H,7-8H2,1H3. The topological polar surface area (TPSA) is 67.7 Å². The molecule has 1 aliphatic heterocycles. The number of nitrogens with zero attached hydrogens (tertiary/aromatic N) is 6. The van der Waals surface area contributed by atoms with Gasteiger partial charge in [0.1, 0.15) is 17.7 Å². The zero-order chi connectivity index (χ0) is 14.2. The summed E-state index contributed by atoms with van der Waals surface area (Å²) in [6, 6.07) is 3.96. The van der Waals surface area contributed by atoms with E-state index in [0.717, 1.165) is 35.7 Å². The Morgan fingerprint density at radius 1 is 1.14 bits per heavy atom. The smallest absolute Gasteiger partial charge is 0.180 e. The summed E-state index contributed by atoms with van der Waals surface area (Å²) in [6.07, 6.45) is 6.86. The van der Waals surface area contributed by atoms with E-state index in [9.17, 15) is 0 Å². The Bertz CT molecular complexity index is 803. The molecular weight excluding hydrogens is 264 g/mol. The average Bonchev–Trinajstić information content (AvgIpc) is 2.54. The molecule has 0 N–H and O–H groups in total. The third-order valence-electron chi connectivity index (χ3n) is 3.79. The van der Waals surface area contributed by atoms with Gasteiger partial charge in [0.25, 0.3) is 0 Å². The summed E-state index contributed by atoms with van der Waals surface area (Å²) < 4.78 is 0. The van der Waals surface area contributed by atoms with Crippen LogP contribution in [0.2, 0.25) is 0 Å². The van der Waals surface area contributed by atoms with E-state index in [1.54, 1.807) is 18.7 Å². The van der Waals surface area contributed by atoms with Crippen molar-refractivity contribution in [3.8, 4) is 0 Å². The number of hydrogen-bond acceptors (Lipinski definition) is 6. The molecule has 1 atom stereocenters. The molecule has 3 aromatic heterocycles. The van der Waals surface area contributed by atoms with Crippen LogP contribution in [0.3, 0.4) is 0 Å². The van der Waals surface area contributed by atoms with Crippen LogP contribution in [0.4, 0.5) is 5.82 Å². The Morgan fingerprint density at radius 2 is 2.05 bits per heavy atom. The second kappa shape index (κ2) is 4.73. The second-order valence-corrected chi connectivity index (χ2v) is 5.28. The SMILES string of the molecule is CC1CN(c2ccc3nccnc3n2)Cc2cncnc21. The zero-order valence-electron chi connectivity index (χ0n) is 11.6. The molecule has 1 unspecified atom stereocenters. The monoisotopic (exact) mass is 278 g/mol. The summed E-state index contributed by atoms with van der Waals surface area (Å²) in [4.78, 5) is 23.9. The minimum absolute atomic E-state index is 0.358. The van der Waals surface area contributed by atoms with Gasteiger partial charge >= 0.3 is 0 Å². The van der Waals surface area contributed by atoms with Gasteiger partial charge in [-0.2, -0.15) is 0 Å². The lowest BCUT2D eigenvalue weighted by Crippen LogP contribution is -2.33. The Morgan fingerprint density at radius 3 is 3.00 bits per heavy atom. The quantitative estimate of drug-likeness (QED) is 0.677. The first kappa shape index (κ1) is 12.1. The summed E-state index contributed by atoms with van der Waals surface area (Å²) in [5, 5.41) is 0. The Labute approximate surface area is 121 Å². The van der Waals surface area contributed by atoms with E-state index in [1.165, 1.54) is 0 Å². The van der Waals surface area contributed by atoms with Crippen LogP contribution < -0.4 is 4.90 Å². The van der Waals surface area contributed by atoms with Crippen LogP contribution >= 0.6 is 0 Å². The summed E-state index contributed by atoms with van der Waals surface area (Å²) >= 11 is 0. The van der Waals surface area contributed by atoms with Crippen molar-refractivity contribution in [3.05, 3.63) is 48.3 Å². The normalized spacial score (nSPS) is 17.8. The first-order valence-electron chi connectivity index (χ1n) is 6.93. The van der Waals surface area contributed by atoms with Crippen molar-refractivity contribution in [3.63, 3.8) is 0 Å². The van der Waals surface area contributed by atoms with Crippen LogP contribution in [0, 0.1) is 0 Å². The van der Waals surface area contributed by atoms with Crippen molar-refractivity contribution in [1.29, 1.82) is 0 Å². The molecule has 0 amide bonds. The summed E-state index contributed by atoms with van der Waals surface area (Å²) in [5.74, 6) is 1.28. The maximum Gasteiger partial charge on any atom is 0.180 e. The van der Waals surface area contributed by atoms with Gasteiger partial charge in [0.15, 0.2) is 5.65 Å². The van der Waals surface area contributed by atoms with Gasteiger partial charge in [0.2, 0.25) is 0 Å². The van der Waals surface area contributed by atoms with Crippen molar-refractivity contribution in [2.45, 2.75) is 19.4 Å². The van der Waals surface area contributed by atoms with E-state index in [-0.39, 0.29) is 0 Å². The van der Waals surface area contributed by atoms with Crippen LogP contribution in [-0.2, 0) is 6.54 Å². The largest absolute Gasteiger partial charge is 0.351 e. The molecule has 0 bridgehead atoms. The summed E-state index contributed by atoms with van der Waals surface area (Å²) in [7, 11) is 0. The lowest BCUT2D eigenvalue weighted by molar-refractivity contribution is 0.611. The van der Waals surface area contributed by atoms with Crippen LogP contribution in [0.15, 0.2) is 37.1 Å². The molecule has 0 aromatic carbocycles. The van der Waals surface area contributed by atoms with Gasteiger partial charge in [-0.15, -0.1) is 0 Å². The minimum atomic E-state index is 0.358. The predicted octanol–water partition coefficient (Wildman–Crippen LogP) is 1.94. The molecule has 0 radical (unpaired) electrons. The molecule has 0 spiro atoms. The van der Waals surface area contributed by atoms with Gasteiger partial charge in [-0.25, -0.2) is 19.9 Å². The molecule has 0 saturated heterocycles. The van der Waals surface area contributed by atoms with E-state index < -0.39 is 0 Å². The molecule has 4 heterocycles. The van der Waals surface area contributed by atoms with Crippen molar-refractivity contribution in [1.82, 2.24) is 24.9 Å². The van der Waals surface area contributed by atoms with Crippen molar-refractivity contribution in [2.75, 3.05) is 11.4 Å². The van der Waals surface area contributed by atoms with Crippen molar-refractivity contribution >= 4 is 17.0 Å². The maximum absolute atomic E-state index is 4.62. The first-order valence-corrected chi connectivity index (χ1v) is 6.93. The molecule has 0 aliphatic carbocycles. The van der Waals surface area contributed by atoms with Gasteiger partial charge < -0.3 is 4.90 Å². The third kappa shape index (κ3) is 2.08. The van der Waals surface area contributed by atoms with E-state index in [2.05, 4.69) is 36.7 Å². The molecule has 21 heavy (non-hydrogen) atoms. The van der Waals surface area contributed by atoms with E-state index in [0.29, 0.717) is 11.6 Å². The second-order valence-electron chi connectivity index (χ2n) is 5.28. The number of hydrogen-bond donors (Lipinski definition) is 0. The molecule has 3 aromatic rings. The molecule has 4 rings (SSSR count). The zero-order valence-corrected chi connectivity index (χ0v) is 11.6. The van der Waals surface area contributed by atoms with E-state index in [1.807, 2.05) is 18.3 Å². The molecule has 6 heteroatoms. The fourth-order valence-corrected chi connectivity index (χ4v) is 2.82. The Hall–Kier alpha value is -2.63. The predicted molar refractivity (Wildman–Crippen MR) is 78.8 cm³/mol. The van der Waals surface area contributed by atoms with Crippen molar-refractivity contribution in [2.24, 2.45) is 0 Å². The van der Waals surface area contributed by atoms with Crippen LogP contribution in [0.25, 0.3) is 11.2 Å². The first-order chi connectivity index (χ1) is 10.3. The van der Waals surface area contributed by atoms with Crippen molar-refractivity contribution < 1.29 is 0 Å². The fourth-order valence-electron chi connectivity index (χ4n) is 2.82. The number of rotatable bonds is 1. The lowest BCUT2D eigenvalue weighted by atomic mass is 9.97. The Kier molecular flexibility index (Phi) is 2.73. The molecule has 104 valence electrons. The summed E-state index contributed by atoms with van der Waals surface area (Å²) in [6.45, 7) is 3.85. The van der Waals surface area contributed by atoms with Gasteiger partial charge in [0.05, 0.1) is 5.69 Å². The van der Waals surface area contributed by atoms with Gasteiger partial charge in [0, 0.05) is 43.2 Å². The number of anilines is 1. The van der Waals surface area contributed by atoms with Gasteiger partial charge in [-0.3, -0.25) is 4.98 Å². The number of aromatic nitrogens is 5. The lowest BCUT2D eigenvalue weighted by Gasteiger charge is -2.32. The average molecular weight is 278 g/mol. The fraction of sp³-hybridized carbons (Fsp3) is 0.267. The number of pyridine rings is 1. The third-order valence-corrected chi connectivity index (χ3v) is 3.79. The molecular formula is C15H14N6. The highest BCUT2D eigenvalue weighted by atomic mass is 15.2. The van der Waals surface area contributed by atoms with Gasteiger partial charge in [-0.05, 0) is 12.1 Å². The van der Waals surface area contributed by atoms with E-state index >= 15 is 0 Å². The van der Waals surface area contributed by atoms with Gasteiger partial charge in [-0.1, -0.05) is 6.92 Å². The van der Waals surface area contributed by atoms with E-state index in [4.69, 9.17) is 0 Å².